The molecule has 0 bridgehead atoms. The standard InChI is InChI=1S/C32H24N6OS4/c1-4-37-30(39)29(42-32(37)40)34-28-26-25(35-43-36-26)24(17-33-28)27-22-7-5-6-8-23(22)31(41-27)38(20-13-9-18(2)10-14-20)21-15-11-19(3)12-16-21/h5-17H,4H2,1-3H3. The Balaban J connectivity index is 1.40. The van der Waals surface area contributed by atoms with Crippen molar-refractivity contribution in [3.8, 4) is 10.4 Å². The van der Waals surface area contributed by atoms with Crippen molar-refractivity contribution in [3.05, 3.63) is 90.1 Å². The molecule has 4 heterocycles. The highest BCUT2D eigenvalue weighted by Crippen LogP contribution is 2.50. The Morgan fingerprint density at radius 1 is 0.884 bits per heavy atom. The zero-order valence-corrected chi connectivity index (χ0v) is 26.7. The molecule has 7 rings (SSSR count). The van der Waals surface area contributed by atoms with Crippen LogP contribution < -0.4 is 4.90 Å². The van der Waals surface area contributed by atoms with E-state index in [0.29, 0.717) is 32.8 Å². The molecular formula is C32H24N6OS4. The van der Waals surface area contributed by atoms with Gasteiger partial charge in [0.2, 0.25) is 0 Å². The predicted octanol–water partition coefficient (Wildman–Crippen LogP) is 8.96. The average molecular weight is 637 g/mol. The van der Waals surface area contributed by atoms with Crippen molar-refractivity contribution in [2.45, 2.75) is 20.8 Å². The first-order valence-corrected chi connectivity index (χ1v) is 16.4. The number of carbonyl (C=O) groups is 1. The molecule has 0 atom stereocenters. The summed E-state index contributed by atoms with van der Waals surface area (Å²) in [7, 11) is 0. The highest BCUT2D eigenvalue weighted by molar-refractivity contribution is 8.35. The molecule has 1 aliphatic heterocycles. The molecule has 1 saturated heterocycles. The van der Waals surface area contributed by atoms with E-state index in [1.165, 1.54) is 27.8 Å². The number of thiophene rings is 1. The number of nitrogens with zero attached hydrogens (tertiary/aromatic N) is 6. The second kappa shape index (κ2) is 11.2. The maximum Gasteiger partial charge on any atom is 0.285 e. The minimum absolute atomic E-state index is 0.207. The third kappa shape index (κ3) is 4.92. The molecule has 0 unspecified atom stereocenters. The van der Waals surface area contributed by atoms with Crippen molar-refractivity contribution in [1.29, 1.82) is 0 Å². The van der Waals surface area contributed by atoms with Crippen molar-refractivity contribution in [2.24, 2.45) is 4.99 Å². The van der Waals surface area contributed by atoms with Gasteiger partial charge >= 0.3 is 0 Å². The summed E-state index contributed by atoms with van der Waals surface area (Å²) >= 11 is 9.36. The summed E-state index contributed by atoms with van der Waals surface area (Å²) in [5, 5.41) is 3.63. The number of aromatic nitrogens is 3. The molecule has 6 aromatic rings. The van der Waals surface area contributed by atoms with Crippen LogP contribution >= 0.6 is 47.0 Å². The molecule has 1 aliphatic rings. The number of hydrogen-bond acceptors (Lipinski definition) is 10. The second-order valence-corrected chi connectivity index (χ2v) is 13.2. The van der Waals surface area contributed by atoms with Gasteiger partial charge in [0.05, 0.1) is 11.7 Å². The number of aryl methyl sites for hydroxylation is 2. The number of benzene rings is 3. The normalized spacial score (nSPS) is 14.5. The fraction of sp³-hybridized carbons (Fsp3) is 0.125. The summed E-state index contributed by atoms with van der Waals surface area (Å²) in [4.78, 5) is 27.0. The van der Waals surface area contributed by atoms with E-state index in [4.69, 9.17) is 17.2 Å². The number of rotatable bonds is 6. The summed E-state index contributed by atoms with van der Waals surface area (Å²) in [5.74, 6) is 0.159. The molecule has 0 spiro atoms. The Morgan fingerprint density at radius 3 is 2.14 bits per heavy atom. The molecular weight excluding hydrogens is 613 g/mol. The van der Waals surface area contributed by atoms with Gasteiger partial charge in [-0.3, -0.25) is 9.69 Å². The molecule has 1 fully saturated rings. The fourth-order valence-corrected chi connectivity index (χ4v) is 8.19. The van der Waals surface area contributed by atoms with Gasteiger partial charge in [-0.2, -0.15) is 8.75 Å². The maximum absolute atomic E-state index is 12.8. The summed E-state index contributed by atoms with van der Waals surface area (Å²) in [6.45, 7) is 6.59. The highest BCUT2D eigenvalue weighted by Gasteiger charge is 2.33. The number of aliphatic imine (C=N–C) groups is 1. The Kier molecular flexibility index (Phi) is 7.26. The van der Waals surface area contributed by atoms with Crippen LogP contribution in [0.25, 0.3) is 32.2 Å². The van der Waals surface area contributed by atoms with E-state index in [-0.39, 0.29) is 5.91 Å². The fourth-order valence-electron chi connectivity index (χ4n) is 5.04. The van der Waals surface area contributed by atoms with E-state index in [9.17, 15) is 4.79 Å². The van der Waals surface area contributed by atoms with Crippen LogP contribution in [-0.4, -0.2) is 40.4 Å². The van der Waals surface area contributed by atoms with Crippen LogP contribution in [0.4, 0.5) is 22.2 Å². The van der Waals surface area contributed by atoms with Crippen molar-refractivity contribution >= 4 is 106 Å². The van der Waals surface area contributed by atoms with Crippen LogP contribution in [-0.2, 0) is 4.79 Å². The van der Waals surface area contributed by atoms with E-state index >= 15 is 0 Å². The lowest BCUT2D eigenvalue weighted by molar-refractivity contribution is -0.119. The summed E-state index contributed by atoms with van der Waals surface area (Å²) in [6, 6.07) is 25.6. The van der Waals surface area contributed by atoms with E-state index in [0.717, 1.165) is 49.3 Å². The molecule has 0 saturated carbocycles. The third-order valence-electron chi connectivity index (χ3n) is 7.26. The van der Waals surface area contributed by atoms with E-state index < -0.39 is 0 Å². The number of thiocarbonyl (C=S) groups is 1. The van der Waals surface area contributed by atoms with Crippen LogP contribution in [0.5, 0.6) is 0 Å². The van der Waals surface area contributed by atoms with Crippen LogP contribution in [0.1, 0.15) is 18.1 Å². The molecule has 0 radical (unpaired) electrons. The third-order valence-corrected chi connectivity index (χ3v) is 10.4. The van der Waals surface area contributed by atoms with Gasteiger partial charge in [0.1, 0.15) is 20.4 Å². The van der Waals surface area contributed by atoms with Gasteiger partial charge in [0.15, 0.2) is 10.9 Å². The lowest BCUT2D eigenvalue weighted by atomic mass is 10.1. The Morgan fingerprint density at radius 2 is 1.51 bits per heavy atom. The van der Waals surface area contributed by atoms with Crippen LogP contribution in [0.2, 0.25) is 0 Å². The zero-order valence-electron chi connectivity index (χ0n) is 23.4. The van der Waals surface area contributed by atoms with Gasteiger partial charge in [0, 0.05) is 45.3 Å². The summed E-state index contributed by atoms with van der Waals surface area (Å²) < 4.78 is 9.73. The summed E-state index contributed by atoms with van der Waals surface area (Å²) in [6.07, 6.45) is 1.80. The van der Waals surface area contributed by atoms with Gasteiger partial charge in [-0.15, -0.1) is 11.3 Å². The minimum atomic E-state index is -0.207. The smallest absolute Gasteiger partial charge is 0.285 e. The van der Waals surface area contributed by atoms with Crippen LogP contribution in [0.3, 0.4) is 0 Å². The van der Waals surface area contributed by atoms with Crippen LogP contribution in [0.15, 0.2) is 84.0 Å². The first kappa shape index (κ1) is 27.8. The molecule has 212 valence electrons. The molecule has 1 amide bonds. The van der Waals surface area contributed by atoms with Gasteiger partial charge < -0.3 is 4.90 Å². The Hall–Kier alpha value is -4.03. The number of hydrogen-bond donors (Lipinski definition) is 0. The first-order chi connectivity index (χ1) is 20.9. The number of pyridine rings is 1. The van der Waals surface area contributed by atoms with Gasteiger partial charge in [-0.25, -0.2) is 9.98 Å². The lowest BCUT2D eigenvalue weighted by Gasteiger charge is -2.24. The molecule has 43 heavy (non-hydrogen) atoms. The molecule has 0 aliphatic carbocycles. The predicted molar refractivity (Wildman–Crippen MR) is 185 cm³/mol. The monoisotopic (exact) mass is 636 g/mol. The van der Waals surface area contributed by atoms with Crippen LogP contribution in [0, 0.1) is 13.8 Å². The molecule has 0 N–H and O–H groups in total. The summed E-state index contributed by atoms with van der Waals surface area (Å²) in [5.41, 5.74) is 6.73. The average Bonchev–Trinajstić information content (AvgIpc) is 3.72. The maximum atomic E-state index is 12.8. The molecule has 7 nitrogen and oxygen atoms in total. The van der Waals surface area contributed by atoms with E-state index in [1.807, 2.05) is 6.92 Å². The molecule has 3 aromatic heterocycles. The van der Waals surface area contributed by atoms with E-state index in [1.54, 1.807) is 17.5 Å². The SMILES string of the molecule is CCN1C(=O)C(=Nc2ncc(-c3sc(N(c4ccc(C)cc4)c4ccc(C)cc4)c4ccccc34)c3nsnc23)SC1=S. The number of anilines is 3. The highest BCUT2D eigenvalue weighted by atomic mass is 32.2. The Labute approximate surface area is 266 Å². The number of thioether (sulfide) groups is 1. The number of fused-ring (bicyclic) bond motifs is 2. The van der Waals surface area contributed by atoms with Crippen molar-refractivity contribution in [1.82, 2.24) is 18.6 Å². The molecule has 3 aromatic carbocycles. The van der Waals surface area contributed by atoms with E-state index in [2.05, 4.69) is 105 Å². The van der Waals surface area contributed by atoms with Crippen molar-refractivity contribution < 1.29 is 4.79 Å². The minimum Gasteiger partial charge on any atom is -0.301 e. The number of carbonyl (C=O) groups excluding carboxylic acids is 1. The zero-order chi connectivity index (χ0) is 29.7. The number of amides is 1. The van der Waals surface area contributed by atoms with Gasteiger partial charge in [-0.05, 0) is 56.8 Å². The Bertz CT molecular complexity index is 2020. The largest absolute Gasteiger partial charge is 0.301 e. The van der Waals surface area contributed by atoms with Gasteiger partial charge in [-0.1, -0.05) is 71.9 Å². The topological polar surface area (TPSA) is 74.6 Å². The van der Waals surface area contributed by atoms with Crippen molar-refractivity contribution in [3.63, 3.8) is 0 Å². The van der Waals surface area contributed by atoms with Gasteiger partial charge in [0.25, 0.3) is 5.91 Å². The first-order valence-electron chi connectivity index (χ1n) is 13.6. The lowest BCUT2D eigenvalue weighted by Crippen LogP contribution is -2.29. The van der Waals surface area contributed by atoms with Crippen molar-refractivity contribution in [2.75, 3.05) is 11.4 Å². The quantitative estimate of drug-likeness (QED) is 0.169. The second-order valence-electron chi connectivity index (χ2n) is 10.1. The molecule has 11 heteroatoms.